The fraction of sp³-hybridized carbons (Fsp3) is 0.800. The van der Waals surface area contributed by atoms with Crippen molar-refractivity contribution in [1.29, 1.82) is 0 Å². The van der Waals surface area contributed by atoms with E-state index in [0.29, 0.717) is 0 Å². The predicted octanol–water partition coefficient (Wildman–Crippen LogP) is 2.13. The molecule has 0 amide bonds. The quantitative estimate of drug-likeness (QED) is 0.809. The number of rotatable bonds is 2. The van der Waals surface area contributed by atoms with Crippen LogP contribution in [0.25, 0.3) is 0 Å². The Balaban J connectivity index is 2.50. The summed E-state index contributed by atoms with van der Waals surface area (Å²) in [6, 6.07) is 0. The fourth-order valence-electron chi connectivity index (χ4n) is 1.55. The van der Waals surface area contributed by atoms with Crippen molar-refractivity contribution in [2.75, 3.05) is 19.6 Å². The van der Waals surface area contributed by atoms with E-state index in [2.05, 4.69) is 27.8 Å². The van der Waals surface area contributed by atoms with Crippen molar-refractivity contribution in [3.63, 3.8) is 0 Å². The molecule has 13 heavy (non-hydrogen) atoms. The number of hydrogen-bond donors (Lipinski definition) is 1. The third-order valence-electron chi connectivity index (χ3n) is 2.24. The van der Waals surface area contributed by atoms with E-state index in [0.717, 1.165) is 26.1 Å². The molecule has 1 heterocycles. The van der Waals surface area contributed by atoms with Crippen LogP contribution in [0.2, 0.25) is 0 Å². The molecule has 0 spiro atoms. The maximum absolute atomic E-state index is 9.65. The predicted molar refractivity (Wildman–Crippen MR) is 59.0 cm³/mol. The van der Waals surface area contributed by atoms with Crippen molar-refractivity contribution in [3.05, 3.63) is 10.1 Å². The zero-order valence-electron chi connectivity index (χ0n) is 8.60. The van der Waals surface area contributed by atoms with Crippen LogP contribution in [0.15, 0.2) is 10.1 Å². The second kappa shape index (κ2) is 4.11. The van der Waals surface area contributed by atoms with Crippen LogP contribution in [0.1, 0.15) is 27.2 Å². The number of hydrogen-bond acceptors (Lipinski definition) is 2. The molecule has 2 nitrogen and oxygen atoms in total. The van der Waals surface area contributed by atoms with Crippen molar-refractivity contribution in [1.82, 2.24) is 4.90 Å². The van der Waals surface area contributed by atoms with Crippen molar-refractivity contribution >= 4 is 15.9 Å². The van der Waals surface area contributed by atoms with E-state index in [-0.39, 0.29) is 0 Å². The van der Waals surface area contributed by atoms with Gasteiger partial charge < -0.3 is 5.11 Å². The highest BCUT2D eigenvalue weighted by atomic mass is 79.9. The first-order chi connectivity index (χ1) is 5.88. The van der Waals surface area contributed by atoms with E-state index in [1.807, 2.05) is 13.8 Å². The molecule has 0 aromatic carbocycles. The summed E-state index contributed by atoms with van der Waals surface area (Å²) in [5.74, 6) is 0. The first-order valence-corrected chi connectivity index (χ1v) is 5.46. The summed E-state index contributed by atoms with van der Waals surface area (Å²) in [5, 5.41) is 9.65. The Morgan fingerprint density at radius 3 is 2.62 bits per heavy atom. The van der Waals surface area contributed by atoms with E-state index in [9.17, 15) is 5.11 Å². The third kappa shape index (κ3) is 3.79. The second-order valence-corrected chi connectivity index (χ2v) is 5.42. The monoisotopic (exact) mass is 247 g/mol. The van der Waals surface area contributed by atoms with Crippen LogP contribution in [0.4, 0.5) is 0 Å². The van der Waals surface area contributed by atoms with Gasteiger partial charge in [0.1, 0.15) is 0 Å². The number of aliphatic hydroxyl groups is 1. The Labute approximate surface area is 88.7 Å². The minimum atomic E-state index is -0.585. The van der Waals surface area contributed by atoms with Gasteiger partial charge in [-0.3, -0.25) is 4.90 Å². The van der Waals surface area contributed by atoms with Crippen LogP contribution in [-0.2, 0) is 0 Å². The van der Waals surface area contributed by atoms with Gasteiger partial charge >= 0.3 is 0 Å². The number of nitrogens with zero attached hydrogens (tertiary/aromatic N) is 1. The van der Waals surface area contributed by atoms with E-state index in [1.54, 1.807) is 0 Å². The molecule has 3 heteroatoms. The average molecular weight is 248 g/mol. The molecule has 1 aliphatic heterocycles. The molecule has 0 fully saturated rings. The van der Waals surface area contributed by atoms with Crippen molar-refractivity contribution in [2.45, 2.75) is 32.8 Å². The van der Waals surface area contributed by atoms with Crippen LogP contribution in [0.5, 0.6) is 0 Å². The van der Waals surface area contributed by atoms with Crippen LogP contribution >= 0.6 is 15.9 Å². The first kappa shape index (κ1) is 11.2. The Hall–Kier alpha value is 0.140. The summed E-state index contributed by atoms with van der Waals surface area (Å²) in [4.78, 5) is 2.27. The van der Waals surface area contributed by atoms with Gasteiger partial charge in [-0.05, 0) is 27.2 Å². The first-order valence-electron chi connectivity index (χ1n) is 4.67. The van der Waals surface area contributed by atoms with Gasteiger partial charge in [0.05, 0.1) is 5.60 Å². The lowest BCUT2D eigenvalue weighted by Crippen LogP contribution is -2.41. The normalized spacial score (nSPS) is 21.0. The summed E-state index contributed by atoms with van der Waals surface area (Å²) in [5.41, 5.74) is 0.852. The molecule has 0 aromatic heterocycles. The molecule has 76 valence electrons. The molecule has 1 aliphatic rings. The van der Waals surface area contributed by atoms with Crippen molar-refractivity contribution in [2.24, 2.45) is 0 Å². The summed E-state index contributed by atoms with van der Waals surface area (Å²) in [6.07, 6.45) is 1.11. The van der Waals surface area contributed by atoms with Gasteiger partial charge in [-0.2, -0.15) is 0 Å². The lowest BCUT2D eigenvalue weighted by molar-refractivity contribution is 0.0387. The minimum Gasteiger partial charge on any atom is -0.389 e. The molecular weight excluding hydrogens is 230 g/mol. The second-order valence-electron chi connectivity index (χ2n) is 4.46. The zero-order chi connectivity index (χ0) is 10.1. The summed E-state index contributed by atoms with van der Waals surface area (Å²) < 4.78 is 1.28. The van der Waals surface area contributed by atoms with Crippen molar-refractivity contribution < 1.29 is 5.11 Å². The minimum absolute atomic E-state index is 0.585. The van der Waals surface area contributed by atoms with Gasteiger partial charge in [0, 0.05) is 24.1 Å². The molecule has 0 aromatic rings. The van der Waals surface area contributed by atoms with E-state index >= 15 is 0 Å². The molecule has 0 aliphatic carbocycles. The van der Waals surface area contributed by atoms with Crippen LogP contribution < -0.4 is 0 Å². The number of halogens is 1. The topological polar surface area (TPSA) is 23.5 Å². The molecular formula is C10H18BrNO. The molecule has 1 N–H and O–H groups in total. The maximum atomic E-state index is 9.65. The Kier molecular flexibility index (Phi) is 3.55. The van der Waals surface area contributed by atoms with E-state index in [4.69, 9.17) is 0 Å². The van der Waals surface area contributed by atoms with Crippen LogP contribution in [0.3, 0.4) is 0 Å². The summed E-state index contributed by atoms with van der Waals surface area (Å²) >= 11 is 3.56. The fourth-order valence-corrected chi connectivity index (χ4v) is 2.11. The molecule has 0 bridgehead atoms. The lowest BCUT2D eigenvalue weighted by atomic mass is 10.1. The zero-order valence-corrected chi connectivity index (χ0v) is 10.2. The van der Waals surface area contributed by atoms with Crippen LogP contribution in [0, 0.1) is 0 Å². The highest BCUT2D eigenvalue weighted by molar-refractivity contribution is 9.11. The highest BCUT2D eigenvalue weighted by Gasteiger charge is 2.21. The molecule has 0 atom stereocenters. The standard InChI is InChI=1S/C10H18BrNO/c1-8-4-5-12(6-9(8)11)7-10(2,3)13/h13H,4-7H2,1-3H3. The Bertz CT molecular complexity index is 217. The van der Waals surface area contributed by atoms with Gasteiger partial charge in [-0.25, -0.2) is 0 Å². The van der Waals surface area contributed by atoms with Gasteiger partial charge in [0.15, 0.2) is 0 Å². The maximum Gasteiger partial charge on any atom is 0.0718 e. The molecule has 0 saturated heterocycles. The Morgan fingerprint density at radius 2 is 2.15 bits per heavy atom. The third-order valence-corrected chi connectivity index (χ3v) is 3.17. The summed E-state index contributed by atoms with van der Waals surface area (Å²) in [6.45, 7) is 8.61. The Morgan fingerprint density at radius 1 is 1.54 bits per heavy atom. The SMILES string of the molecule is CC1=C(Br)CN(CC(C)(C)O)CC1. The van der Waals surface area contributed by atoms with E-state index < -0.39 is 5.60 Å². The summed E-state index contributed by atoms with van der Waals surface area (Å²) in [7, 11) is 0. The van der Waals surface area contributed by atoms with Gasteiger partial charge in [0.25, 0.3) is 0 Å². The molecule has 1 rings (SSSR count). The van der Waals surface area contributed by atoms with Gasteiger partial charge in [-0.15, -0.1) is 0 Å². The molecule has 0 saturated carbocycles. The number of β-amino-alcohol motifs (C(OH)–C–C–N with tert-alkyl or cyclic N) is 1. The highest BCUT2D eigenvalue weighted by Crippen LogP contribution is 2.22. The average Bonchev–Trinajstić information content (AvgIpc) is 1.94. The largest absolute Gasteiger partial charge is 0.389 e. The lowest BCUT2D eigenvalue weighted by Gasteiger charge is -2.32. The molecule has 0 radical (unpaired) electrons. The van der Waals surface area contributed by atoms with Gasteiger partial charge in [0.2, 0.25) is 0 Å². The smallest absolute Gasteiger partial charge is 0.0718 e. The van der Waals surface area contributed by atoms with Crippen LogP contribution in [-0.4, -0.2) is 35.2 Å². The van der Waals surface area contributed by atoms with E-state index in [1.165, 1.54) is 10.1 Å². The van der Waals surface area contributed by atoms with Crippen molar-refractivity contribution in [3.8, 4) is 0 Å². The molecule has 0 unspecified atom stereocenters. The van der Waals surface area contributed by atoms with Gasteiger partial charge in [-0.1, -0.05) is 21.5 Å².